The molecule has 0 amide bonds. The molecular formula is C16H20Cl2N2O2S. The maximum Gasteiger partial charge on any atom is 0.359 e. The third-order valence-corrected chi connectivity index (χ3v) is 4.97. The minimum absolute atomic E-state index is 0.334. The molecule has 0 aliphatic carbocycles. The van der Waals surface area contributed by atoms with E-state index >= 15 is 0 Å². The zero-order valence-electron chi connectivity index (χ0n) is 13.3. The van der Waals surface area contributed by atoms with Crippen LogP contribution in [0, 0.1) is 6.92 Å². The number of aryl methyl sites for hydroxylation is 1. The summed E-state index contributed by atoms with van der Waals surface area (Å²) < 4.78 is 7.71. The second-order valence-electron chi connectivity index (χ2n) is 5.12. The van der Waals surface area contributed by atoms with Crippen LogP contribution in [0.5, 0.6) is 0 Å². The van der Waals surface area contributed by atoms with E-state index in [1.807, 2.05) is 23.7 Å². The number of nitrogens with zero attached hydrogens (tertiary/aromatic N) is 2. The molecule has 2 aromatic rings. The van der Waals surface area contributed by atoms with Crippen molar-refractivity contribution in [1.29, 1.82) is 0 Å². The van der Waals surface area contributed by atoms with Crippen molar-refractivity contribution in [3.8, 4) is 10.6 Å². The van der Waals surface area contributed by atoms with Crippen molar-refractivity contribution in [2.24, 2.45) is 0 Å². The van der Waals surface area contributed by atoms with Crippen LogP contribution in [0.15, 0.2) is 12.1 Å². The predicted octanol–water partition coefficient (Wildman–Crippen LogP) is 5.16. The number of halogens is 2. The number of carbonyl (C=O) groups excluding carboxylic acids is 1. The third kappa shape index (κ3) is 4.49. The Hall–Kier alpha value is -1.04. The smallest absolute Gasteiger partial charge is 0.359 e. The van der Waals surface area contributed by atoms with Gasteiger partial charge in [0, 0.05) is 18.0 Å². The molecule has 0 aliphatic rings. The summed E-state index contributed by atoms with van der Waals surface area (Å²) in [4.78, 5) is 13.1. The van der Waals surface area contributed by atoms with Crippen molar-refractivity contribution < 1.29 is 9.53 Å². The zero-order valence-corrected chi connectivity index (χ0v) is 15.6. The number of thiophene rings is 1. The van der Waals surface area contributed by atoms with Crippen LogP contribution < -0.4 is 0 Å². The first-order valence-corrected chi connectivity index (χ1v) is 9.37. The second-order valence-corrected chi connectivity index (χ2v) is 7.21. The molecule has 2 heterocycles. The van der Waals surface area contributed by atoms with Crippen molar-refractivity contribution in [1.82, 2.24) is 9.78 Å². The Morgan fingerprint density at radius 3 is 2.74 bits per heavy atom. The molecule has 0 aromatic carbocycles. The van der Waals surface area contributed by atoms with E-state index in [-0.39, 0.29) is 5.97 Å². The molecule has 0 aliphatic heterocycles. The first-order valence-electron chi connectivity index (χ1n) is 7.64. The molecule has 0 unspecified atom stereocenters. The van der Waals surface area contributed by atoms with Crippen molar-refractivity contribution in [3.63, 3.8) is 0 Å². The van der Waals surface area contributed by atoms with Crippen molar-refractivity contribution in [2.75, 3.05) is 12.5 Å². The average Bonchev–Trinajstić information content (AvgIpc) is 3.07. The Morgan fingerprint density at radius 2 is 2.13 bits per heavy atom. The Bertz CT molecular complexity index is 667. The molecule has 0 N–H and O–H groups in total. The highest BCUT2D eigenvalue weighted by molar-refractivity contribution is 7.19. The average molecular weight is 375 g/mol. The lowest BCUT2D eigenvalue weighted by molar-refractivity contribution is 0.0517. The van der Waals surface area contributed by atoms with Crippen LogP contribution in [-0.4, -0.2) is 28.2 Å². The van der Waals surface area contributed by atoms with Gasteiger partial charge in [0.2, 0.25) is 0 Å². The maximum absolute atomic E-state index is 12.1. The summed E-state index contributed by atoms with van der Waals surface area (Å²) in [5.41, 5.74) is 2.15. The SMILES string of the molecule is CCOC(=O)c1nn(CCCCCCl)c(-c2ccc(Cl)s2)c1C. The molecule has 0 saturated carbocycles. The van der Waals surface area contributed by atoms with Gasteiger partial charge in [0.1, 0.15) is 0 Å². The van der Waals surface area contributed by atoms with Crippen LogP contribution in [0.25, 0.3) is 10.6 Å². The van der Waals surface area contributed by atoms with Crippen LogP contribution in [0.1, 0.15) is 42.2 Å². The number of hydrogen-bond acceptors (Lipinski definition) is 4. The largest absolute Gasteiger partial charge is 0.461 e. The van der Waals surface area contributed by atoms with Crippen molar-refractivity contribution in [2.45, 2.75) is 39.7 Å². The van der Waals surface area contributed by atoms with E-state index in [0.717, 1.165) is 41.9 Å². The van der Waals surface area contributed by atoms with E-state index < -0.39 is 0 Å². The first kappa shape index (κ1) is 18.3. The summed E-state index contributed by atoms with van der Waals surface area (Å²) in [5.74, 6) is 0.285. The fraction of sp³-hybridized carbons (Fsp3) is 0.500. The topological polar surface area (TPSA) is 44.1 Å². The summed E-state index contributed by atoms with van der Waals surface area (Å²) in [6, 6.07) is 3.82. The molecular weight excluding hydrogens is 355 g/mol. The number of aromatic nitrogens is 2. The number of hydrogen-bond donors (Lipinski definition) is 0. The van der Waals surface area contributed by atoms with Gasteiger partial charge in [-0.3, -0.25) is 4.68 Å². The summed E-state index contributed by atoms with van der Waals surface area (Å²) in [5, 5.41) is 4.48. The first-order chi connectivity index (χ1) is 11.1. The van der Waals surface area contributed by atoms with Crippen molar-refractivity contribution in [3.05, 3.63) is 27.7 Å². The number of alkyl halides is 1. The number of ether oxygens (including phenoxy) is 1. The monoisotopic (exact) mass is 374 g/mol. The van der Waals surface area contributed by atoms with Crippen LogP contribution in [0.2, 0.25) is 4.34 Å². The highest BCUT2D eigenvalue weighted by Crippen LogP contribution is 2.34. The standard InChI is InChI=1S/C16H20Cl2N2O2S/c1-3-22-16(21)14-11(2)15(12-7-8-13(18)23-12)20(19-14)10-6-4-5-9-17/h7-8H,3-6,9-10H2,1-2H3. The highest BCUT2D eigenvalue weighted by atomic mass is 35.5. The van der Waals surface area contributed by atoms with Crippen LogP contribution >= 0.6 is 34.5 Å². The molecule has 7 heteroatoms. The lowest BCUT2D eigenvalue weighted by Crippen LogP contribution is -2.08. The van der Waals surface area contributed by atoms with E-state index in [0.29, 0.717) is 22.5 Å². The second kappa shape index (κ2) is 8.71. The Labute approximate surface area is 150 Å². The number of rotatable bonds is 8. The molecule has 23 heavy (non-hydrogen) atoms. The quantitative estimate of drug-likeness (QED) is 0.364. The molecule has 0 radical (unpaired) electrons. The van der Waals surface area contributed by atoms with Gasteiger partial charge in [-0.25, -0.2) is 4.79 Å². The van der Waals surface area contributed by atoms with Gasteiger partial charge in [-0.15, -0.1) is 22.9 Å². The fourth-order valence-electron chi connectivity index (χ4n) is 2.39. The van der Waals surface area contributed by atoms with E-state index in [2.05, 4.69) is 5.10 Å². The third-order valence-electron chi connectivity index (χ3n) is 3.47. The molecule has 126 valence electrons. The summed E-state index contributed by atoms with van der Waals surface area (Å²) >= 11 is 13.3. The minimum Gasteiger partial charge on any atom is -0.461 e. The van der Waals surface area contributed by atoms with Gasteiger partial charge in [0.25, 0.3) is 0 Å². The van der Waals surface area contributed by atoms with Gasteiger partial charge in [-0.05, 0) is 38.8 Å². The van der Waals surface area contributed by atoms with Crippen LogP contribution in [-0.2, 0) is 11.3 Å². The fourth-order valence-corrected chi connectivity index (χ4v) is 3.73. The van der Waals surface area contributed by atoms with Gasteiger partial charge in [0.15, 0.2) is 5.69 Å². The zero-order chi connectivity index (χ0) is 16.8. The lowest BCUT2D eigenvalue weighted by atomic mass is 10.1. The molecule has 2 rings (SSSR count). The Kier molecular flexibility index (Phi) is 6.93. The van der Waals surface area contributed by atoms with Gasteiger partial charge < -0.3 is 4.74 Å². The lowest BCUT2D eigenvalue weighted by Gasteiger charge is -2.06. The van der Waals surface area contributed by atoms with Gasteiger partial charge in [-0.1, -0.05) is 18.0 Å². The molecule has 0 fully saturated rings. The molecule has 0 bridgehead atoms. The van der Waals surface area contributed by atoms with E-state index in [9.17, 15) is 4.79 Å². The Morgan fingerprint density at radius 1 is 1.35 bits per heavy atom. The van der Waals surface area contributed by atoms with E-state index in [1.165, 1.54) is 11.3 Å². The van der Waals surface area contributed by atoms with Crippen LogP contribution in [0.3, 0.4) is 0 Å². The normalized spacial score (nSPS) is 11.0. The van der Waals surface area contributed by atoms with Crippen LogP contribution in [0.4, 0.5) is 0 Å². The minimum atomic E-state index is -0.381. The van der Waals surface area contributed by atoms with Gasteiger partial charge >= 0.3 is 5.97 Å². The van der Waals surface area contributed by atoms with Gasteiger partial charge in [0.05, 0.1) is 21.5 Å². The molecule has 2 aromatic heterocycles. The molecule has 0 atom stereocenters. The van der Waals surface area contributed by atoms with Gasteiger partial charge in [-0.2, -0.15) is 5.10 Å². The number of unbranched alkanes of at least 4 members (excludes halogenated alkanes) is 2. The highest BCUT2D eigenvalue weighted by Gasteiger charge is 2.22. The molecule has 0 spiro atoms. The predicted molar refractivity (Wildman–Crippen MR) is 95.8 cm³/mol. The molecule has 0 saturated heterocycles. The summed E-state index contributed by atoms with van der Waals surface area (Å²) in [7, 11) is 0. The van der Waals surface area contributed by atoms with E-state index in [1.54, 1.807) is 6.92 Å². The number of esters is 1. The molecule has 4 nitrogen and oxygen atoms in total. The van der Waals surface area contributed by atoms with E-state index in [4.69, 9.17) is 27.9 Å². The number of carbonyl (C=O) groups is 1. The van der Waals surface area contributed by atoms with Crippen molar-refractivity contribution >= 4 is 40.5 Å². The maximum atomic E-state index is 12.1. The summed E-state index contributed by atoms with van der Waals surface area (Å²) in [6.07, 6.45) is 2.97. The summed E-state index contributed by atoms with van der Waals surface area (Å²) in [6.45, 7) is 4.76. The Balaban J connectivity index is 2.33.